The summed E-state index contributed by atoms with van der Waals surface area (Å²) in [5, 5.41) is 9.03. The number of esters is 1. The number of carbonyl (C=O) groups is 3. The number of amides is 1. The second kappa shape index (κ2) is 9.17. The molecule has 0 heterocycles. The van der Waals surface area contributed by atoms with Gasteiger partial charge in [0.15, 0.2) is 0 Å². The van der Waals surface area contributed by atoms with Crippen molar-refractivity contribution < 1.29 is 29.0 Å². The molecule has 7 nitrogen and oxygen atoms in total. The lowest BCUT2D eigenvalue weighted by molar-refractivity contribution is -0.150. The number of rotatable bonds is 8. The van der Waals surface area contributed by atoms with Gasteiger partial charge in [-0.1, -0.05) is 6.92 Å². The van der Waals surface area contributed by atoms with Crippen LogP contribution in [0.5, 0.6) is 0 Å². The molecule has 0 spiro atoms. The van der Waals surface area contributed by atoms with Gasteiger partial charge in [0, 0.05) is 6.54 Å². The van der Waals surface area contributed by atoms with Gasteiger partial charge in [-0.05, 0) is 27.2 Å². The third-order valence-corrected chi connectivity index (χ3v) is 2.86. The highest BCUT2D eigenvalue weighted by atomic mass is 16.6. The van der Waals surface area contributed by atoms with Crippen molar-refractivity contribution in [2.75, 3.05) is 19.8 Å². The Labute approximate surface area is 118 Å². The van der Waals surface area contributed by atoms with Gasteiger partial charge in [-0.3, -0.25) is 9.69 Å². The van der Waals surface area contributed by atoms with E-state index < -0.39 is 30.0 Å². The molecule has 0 bridgehead atoms. The normalized spacial score (nSPS) is 13.2. The van der Waals surface area contributed by atoms with E-state index in [1.54, 1.807) is 20.8 Å². The number of ether oxygens (including phenoxy) is 2. The van der Waals surface area contributed by atoms with Crippen LogP contribution in [-0.2, 0) is 19.1 Å². The second-order valence-corrected chi connectivity index (χ2v) is 4.22. The number of aliphatic carboxylic acids is 1. The smallest absolute Gasteiger partial charge is 0.410 e. The summed E-state index contributed by atoms with van der Waals surface area (Å²) in [7, 11) is 0. The zero-order valence-electron chi connectivity index (χ0n) is 12.4. The fraction of sp³-hybridized carbons (Fsp3) is 0.769. The van der Waals surface area contributed by atoms with E-state index in [4.69, 9.17) is 14.6 Å². The van der Waals surface area contributed by atoms with Crippen LogP contribution in [0.1, 0.15) is 34.1 Å². The van der Waals surface area contributed by atoms with Gasteiger partial charge in [0.05, 0.1) is 19.1 Å². The first-order chi connectivity index (χ1) is 9.38. The van der Waals surface area contributed by atoms with Crippen molar-refractivity contribution in [2.24, 2.45) is 5.92 Å². The highest BCUT2D eigenvalue weighted by molar-refractivity contribution is 5.80. The Bertz CT molecular complexity index is 344. The molecule has 20 heavy (non-hydrogen) atoms. The average molecular weight is 289 g/mol. The minimum Gasteiger partial charge on any atom is -0.480 e. The molecule has 0 fully saturated rings. The molecule has 0 aromatic carbocycles. The van der Waals surface area contributed by atoms with Crippen LogP contribution in [0, 0.1) is 5.92 Å². The Hall–Kier alpha value is -1.79. The highest BCUT2D eigenvalue weighted by Crippen LogP contribution is 2.13. The minimum absolute atomic E-state index is 0.0400. The SMILES string of the molecule is CCOC(=O)C(CC)CN(C(=O)OCC)[C@@H](C)C(=O)O. The summed E-state index contributed by atoms with van der Waals surface area (Å²) >= 11 is 0. The van der Waals surface area contributed by atoms with Gasteiger partial charge in [0.1, 0.15) is 6.04 Å². The maximum Gasteiger partial charge on any atom is 0.410 e. The zero-order valence-corrected chi connectivity index (χ0v) is 12.4. The fourth-order valence-electron chi connectivity index (χ4n) is 1.60. The molecule has 0 aromatic heterocycles. The topological polar surface area (TPSA) is 93.1 Å². The van der Waals surface area contributed by atoms with E-state index >= 15 is 0 Å². The Morgan fingerprint density at radius 2 is 1.65 bits per heavy atom. The molecule has 0 saturated carbocycles. The molecule has 2 atom stereocenters. The van der Waals surface area contributed by atoms with Gasteiger partial charge in [0.2, 0.25) is 0 Å². The molecule has 0 radical (unpaired) electrons. The number of nitrogens with zero attached hydrogens (tertiary/aromatic N) is 1. The van der Waals surface area contributed by atoms with Gasteiger partial charge >= 0.3 is 18.0 Å². The van der Waals surface area contributed by atoms with E-state index in [0.717, 1.165) is 4.90 Å². The van der Waals surface area contributed by atoms with E-state index in [2.05, 4.69) is 0 Å². The lowest BCUT2D eigenvalue weighted by atomic mass is 10.1. The molecule has 116 valence electrons. The van der Waals surface area contributed by atoms with Crippen molar-refractivity contribution in [2.45, 2.75) is 40.2 Å². The van der Waals surface area contributed by atoms with Crippen LogP contribution in [-0.4, -0.2) is 53.8 Å². The predicted molar refractivity (Wildman–Crippen MR) is 71.2 cm³/mol. The van der Waals surface area contributed by atoms with Crippen molar-refractivity contribution in [1.82, 2.24) is 4.90 Å². The second-order valence-electron chi connectivity index (χ2n) is 4.22. The van der Waals surface area contributed by atoms with Crippen LogP contribution in [0.3, 0.4) is 0 Å². The molecule has 0 aliphatic rings. The summed E-state index contributed by atoms with van der Waals surface area (Å²) in [5.74, 6) is -2.17. The molecule has 0 aliphatic heterocycles. The number of hydrogen-bond acceptors (Lipinski definition) is 5. The number of hydrogen-bond donors (Lipinski definition) is 1. The van der Waals surface area contributed by atoms with Crippen molar-refractivity contribution in [1.29, 1.82) is 0 Å². The molecule has 0 aromatic rings. The summed E-state index contributed by atoms with van der Waals surface area (Å²) in [6, 6.07) is -1.07. The minimum atomic E-state index is -1.16. The first-order valence-electron chi connectivity index (χ1n) is 6.71. The third-order valence-electron chi connectivity index (χ3n) is 2.86. The van der Waals surface area contributed by atoms with Crippen LogP contribution in [0.4, 0.5) is 4.79 Å². The summed E-state index contributed by atoms with van der Waals surface area (Å²) in [4.78, 5) is 35.6. The predicted octanol–water partition coefficient (Wildman–Crippen LogP) is 1.51. The van der Waals surface area contributed by atoms with E-state index in [0.29, 0.717) is 6.42 Å². The number of carbonyl (C=O) groups excluding carboxylic acids is 2. The molecule has 1 amide bonds. The maximum absolute atomic E-state index is 11.8. The van der Waals surface area contributed by atoms with Crippen molar-refractivity contribution >= 4 is 18.0 Å². The molecular formula is C13H23NO6. The van der Waals surface area contributed by atoms with Crippen LogP contribution in [0.25, 0.3) is 0 Å². The Kier molecular flexibility index (Phi) is 8.35. The first kappa shape index (κ1) is 18.2. The maximum atomic E-state index is 11.8. The van der Waals surface area contributed by atoms with E-state index in [-0.39, 0.29) is 19.8 Å². The standard InChI is InChI=1S/C13H23NO6/c1-5-10(12(17)19-6-2)8-14(9(4)11(15)16)13(18)20-7-3/h9-10H,5-8H2,1-4H3,(H,15,16)/t9-,10?/m0/s1. The van der Waals surface area contributed by atoms with Crippen molar-refractivity contribution in [3.8, 4) is 0 Å². The first-order valence-corrected chi connectivity index (χ1v) is 6.71. The van der Waals surface area contributed by atoms with Crippen LogP contribution < -0.4 is 0 Å². The quantitative estimate of drug-likeness (QED) is 0.681. The number of carboxylic acid groups (broad SMARTS) is 1. The summed E-state index contributed by atoms with van der Waals surface area (Å²) in [6.45, 7) is 6.80. The van der Waals surface area contributed by atoms with Crippen LogP contribution in [0.2, 0.25) is 0 Å². The molecule has 0 saturated heterocycles. The fourth-order valence-corrected chi connectivity index (χ4v) is 1.60. The van der Waals surface area contributed by atoms with E-state index in [1.165, 1.54) is 6.92 Å². The molecule has 1 unspecified atom stereocenters. The molecule has 1 N–H and O–H groups in total. The molecule has 7 heteroatoms. The zero-order chi connectivity index (χ0) is 15.7. The molecular weight excluding hydrogens is 266 g/mol. The lowest BCUT2D eigenvalue weighted by Crippen LogP contribution is -2.47. The largest absolute Gasteiger partial charge is 0.480 e. The molecule has 0 aliphatic carbocycles. The van der Waals surface area contributed by atoms with E-state index in [1.807, 2.05) is 0 Å². The Morgan fingerprint density at radius 3 is 2.05 bits per heavy atom. The highest BCUT2D eigenvalue weighted by Gasteiger charge is 2.31. The molecule has 0 rings (SSSR count). The van der Waals surface area contributed by atoms with Crippen LogP contribution in [0.15, 0.2) is 0 Å². The summed E-state index contributed by atoms with van der Waals surface area (Å²) < 4.78 is 9.74. The van der Waals surface area contributed by atoms with E-state index in [9.17, 15) is 14.4 Å². The Balaban J connectivity index is 4.98. The van der Waals surface area contributed by atoms with Gasteiger partial charge < -0.3 is 14.6 Å². The van der Waals surface area contributed by atoms with Gasteiger partial charge in [0.25, 0.3) is 0 Å². The monoisotopic (exact) mass is 289 g/mol. The average Bonchev–Trinajstić information content (AvgIpc) is 2.39. The van der Waals surface area contributed by atoms with Crippen molar-refractivity contribution in [3.05, 3.63) is 0 Å². The van der Waals surface area contributed by atoms with Crippen LogP contribution >= 0.6 is 0 Å². The summed E-state index contributed by atoms with van der Waals surface area (Å²) in [6.07, 6.45) is -0.300. The lowest BCUT2D eigenvalue weighted by Gasteiger charge is -2.28. The van der Waals surface area contributed by atoms with Crippen molar-refractivity contribution in [3.63, 3.8) is 0 Å². The van der Waals surface area contributed by atoms with Gasteiger partial charge in [-0.25, -0.2) is 9.59 Å². The third kappa shape index (κ3) is 5.46. The van der Waals surface area contributed by atoms with Gasteiger partial charge in [-0.15, -0.1) is 0 Å². The summed E-state index contributed by atoms with van der Waals surface area (Å²) in [5.41, 5.74) is 0. The Morgan fingerprint density at radius 1 is 1.10 bits per heavy atom. The number of carboxylic acids is 1. The van der Waals surface area contributed by atoms with Gasteiger partial charge in [-0.2, -0.15) is 0 Å².